The Kier molecular flexibility index (Phi) is 5.34. The molecule has 0 amide bonds. The zero-order chi connectivity index (χ0) is 15.4. The average Bonchev–Trinajstić information content (AvgIpc) is 2.73. The van der Waals surface area contributed by atoms with E-state index in [0.29, 0.717) is 12.0 Å². The Labute approximate surface area is 134 Å². The van der Waals surface area contributed by atoms with E-state index < -0.39 is 0 Å². The molecule has 1 aromatic carbocycles. The van der Waals surface area contributed by atoms with Gasteiger partial charge in [-0.25, -0.2) is 0 Å². The third kappa shape index (κ3) is 4.22. The van der Waals surface area contributed by atoms with Crippen LogP contribution >= 0.6 is 0 Å². The first-order valence-electron chi connectivity index (χ1n) is 8.58. The van der Waals surface area contributed by atoms with Crippen molar-refractivity contribution in [1.82, 2.24) is 9.80 Å². The fraction of sp³-hybridized carbons (Fsp3) is 0.667. The topological polar surface area (TPSA) is 41.7 Å². The van der Waals surface area contributed by atoms with E-state index in [2.05, 4.69) is 29.0 Å². The minimum Gasteiger partial charge on any atom is -0.399 e. The Morgan fingerprint density at radius 2 is 1.86 bits per heavy atom. The van der Waals surface area contributed by atoms with Crippen molar-refractivity contribution in [2.45, 2.75) is 31.3 Å². The Morgan fingerprint density at radius 1 is 1.14 bits per heavy atom. The highest BCUT2D eigenvalue weighted by atomic mass is 16.5. The molecule has 2 saturated heterocycles. The number of hydrogen-bond donors (Lipinski definition) is 1. The Bertz CT molecular complexity index is 454. The summed E-state index contributed by atoms with van der Waals surface area (Å²) in [6.45, 7) is 6.58. The normalized spacial score (nSPS) is 26.0. The van der Waals surface area contributed by atoms with Gasteiger partial charge in [-0.3, -0.25) is 0 Å². The smallest absolute Gasteiger partial charge is 0.0828 e. The van der Waals surface area contributed by atoms with Crippen molar-refractivity contribution in [3.8, 4) is 0 Å². The van der Waals surface area contributed by atoms with Crippen LogP contribution in [0.15, 0.2) is 24.3 Å². The van der Waals surface area contributed by atoms with Crippen LogP contribution in [-0.2, 0) is 4.74 Å². The first kappa shape index (κ1) is 15.8. The third-order valence-electron chi connectivity index (χ3n) is 5.01. The molecule has 0 saturated carbocycles. The number of rotatable bonds is 3. The second-order valence-corrected chi connectivity index (χ2v) is 6.85. The minimum atomic E-state index is 0.376. The molecule has 4 nitrogen and oxygen atoms in total. The number of nitrogens with zero attached hydrogens (tertiary/aromatic N) is 2. The lowest BCUT2D eigenvalue weighted by Crippen LogP contribution is -2.42. The predicted molar refractivity (Wildman–Crippen MR) is 91.1 cm³/mol. The van der Waals surface area contributed by atoms with E-state index in [9.17, 15) is 0 Å². The molecular weight excluding hydrogens is 274 g/mol. The molecule has 0 aliphatic carbocycles. The monoisotopic (exact) mass is 303 g/mol. The highest BCUT2D eigenvalue weighted by Crippen LogP contribution is 2.28. The molecule has 2 fully saturated rings. The molecule has 0 spiro atoms. The number of likely N-dealkylation sites (tertiary alicyclic amines) is 1. The van der Waals surface area contributed by atoms with Crippen molar-refractivity contribution in [2.75, 3.05) is 52.1 Å². The van der Waals surface area contributed by atoms with Gasteiger partial charge in [0, 0.05) is 31.9 Å². The van der Waals surface area contributed by atoms with E-state index in [1.807, 2.05) is 12.1 Å². The number of anilines is 1. The van der Waals surface area contributed by atoms with Crippen LogP contribution in [0.3, 0.4) is 0 Å². The fourth-order valence-corrected chi connectivity index (χ4v) is 3.69. The number of nitrogens with two attached hydrogens (primary N) is 1. The Balaban J connectivity index is 1.48. The van der Waals surface area contributed by atoms with Crippen molar-refractivity contribution >= 4 is 5.69 Å². The highest BCUT2D eigenvalue weighted by molar-refractivity contribution is 5.40. The van der Waals surface area contributed by atoms with Crippen LogP contribution in [0, 0.1) is 0 Å². The van der Waals surface area contributed by atoms with Crippen LogP contribution in [0.1, 0.15) is 30.7 Å². The number of benzene rings is 1. The van der Waals surface area contributed by atoms with Gasteiger partial charge in [0.25, 0.3) is 0 Å². The van der Waals surface area contributed by atoms with E-state index in [-0.39, 0.29) is 0 Å². The number of nitrogen functional groups attached to an aromatic ring is 1. The number of piperidine rings is 1. The molecule has 0 bridgehead atoms. The van der Waals surface area contributed by atoms with Crippen LogP contribution in [0.25, 0.3) is 0 Å². The zero-order valence-electron chi connectivity index (χ0n) is 13.7. The van der Waals surface area contributed by atoms with E-state index in [1.165, 1.54) is 31.5 Å². The van der Waals surface area contributed by atoms with Gasteiger partial charge in [0.05, 0.1) is 6.10 Å². The van der Waals surface area contributed by atoms with Gasteiger partial charge in [-0.1, -0.05) is 12.1 Å². The summed E-state index contributed by atoms with van der Waals surface area (Å²) in [7, 11) is 2.20. The number of likely N-dealkylation sites (N-methyl/N-ethyl adjacent to an activating group) is 1. The maximum atomic E-state index is 6.00. The number of hydrogen-bond acceptors (Lipinski definition) is 4. The van der Waals surface area contributed by atoms with Crippen molar-refractivity contribution in [3.63, 3.8) is 0 Å². The van der Waals surface area contributed by atoms with E-state index in [0.717, 1.165) is 38.3 Å². The first-order chi connectivity index (χ1) is 10.7. The summed E-state index contributed by atoms with van der Waals surface area (Å²) >= 11 is 0. The molecule has 2 N–H and O–H groups in total. The molecule has 1 unspecified atom stereocenters. The molecule has 3 rings (SSSR count). The van der Waals surface area contributed by atoms with Crippen molar-refractivity contribution in [3.05, 3.63) is 29.8 Å². The lowest BCUT2D eigenvalue weighted by atomic mass is 9.89. The SMILES string of the molecule is CN1CCCOC(CN2CCC(c3ccc(N)cc3)CC2)C1. The van der Waals surface area contributed by atoms with Crippen molar-refractivity contribution < 1.29 is 4.74 Å². The second kappa shape index (κ2) is 7.44. The van der Waals surface area contributed by atoms with Crippen LogP contribution in [0.4, 0.5) is 5.69 Å². The highest BCUT2D eigenvalue weighted by Gasteiger charge is 2.24. The van der Waals surface area contributed by atoms with Gasteiger partial charge in [0.2, 0.25) is 0 Å². The van der Waals surface area contributed by atoms with Gasteiger partial charge < -0.3 is 20.3 Å². The standard InChI is InChI=1S/C18H29N3O/c1-20-9-2-12-22-18(13-20)14-21-10-7-16(8-11-21)15-3-5-17(19)6-4-15/h3-6,16,18H,2,7-14,19H2,1H3. The molecule has 122 valence electrons. The summed E-state index contributed by atoms with van der Waals surface area (Å²) < 4.78 is 6.00. The molecule has 22 heavy (non-hydrogen) atoms. The maximum Gasteiger partial charge on any atom is 0.0828 e. The molecule has 1 atom stereocenters. The summed E-state index contributed by atoms with van der Waals surface area (Å²) in [5.41, 5.74) is 8.08. The van der Waals surface area contributed by atoms with Crippen LogP contribution < -0.4 is 5.73 Å². The maximum absolute atomic E-state index is 6.00. The molecule has 0 radical (unpaired) electrons. The van der Waals surface area contributed by atoms with Crippen LogP contribution in [0.5, 0.6) is 0 Å². The Hall–Kier alpha value is -1.10. The third-order valence-corrected chi connectivity index (χ3v) is 5.01. The quantitative estimate of drug-likeness (QED) is 0.869. The average molecular weight is 303 g/mol. The zero-order valence-corrected chi connectivity index (χ0v) is 13.7. The second-order valence-electron chi connectivity index (χ2n) is 6.85. The van der Waals surface area contributed by atoms with Gasteiger partial charge in [0.15, 0.2) is 0 Å². The lowest BCUT2D eigenvalue weighted by Gasteiger charge is -2.34. The van der Waals surface area contributed by atoms with Crippen LogP contribution in [0.2, 0.25) is 0 Å². The molecule has 0 aromatic heterocycles. The predicted octanol–water partition coefficient (Wildman–Crippen LogP) is 2.17. The lowest BCUT2D eigenvalue weighted by molar-refractivity contribution is 0.0234. The Morgan fingerprint density at radius 3 is 2.59 bits per heavy atom. The molecule has 1 aromatic rings. The minimum absolute atomic E-state index is 0.376. The van der Waals surface area contributed by atoms with Crippen molar-refractivity contribution in [1.29, 1.82) is 0 Å². The molecule has 4 heteroatoms. The van der Waals surface area contributed by atoms with Gasteiger partial charge in [-0.15, -0.1) is 0 Å². The fourth-order valence-electron chi connectivity index (χ4n) is 3.69. The molecular formula is C18H29N3O. The summed E-state index contributed by atoms with van der Waals surface area (Å²) in [6, 6.07) is 8.44. The van der Waals surface area contributed by atoms with Crippen molar-refractivity contribution in [2.24, 2.45) is 0 Å². The summed E-state index contributed by atoms with van der Waals surface area (Å²) in [6.07, 6.45) is 4.02. The van der Waals surface area contributed by atoms with Gasteiger partial charge in [-0.2, -0.15) is 0 Å². The van der Waals surface area contributed by atoms with Crippen LogP contribution in [-0.4, -0.2) is 62.3 Å². The summed E-state index contributed by atoms with van der Waals surface area (Å²) in [5.74, 6) is 0.689. The molecule has 2 aliphatic heterocycles. The van der Waals surface area contributed by atoms with E-state index >= 15 is 0 Å². The van der Waals surface area contributed by atoms with E-state index in [4.69, 9.17) is 10.5 Å². The largest absolute Gasteiger partial charge is 0.399 e. The number of ether oxygens (including phenoxy) is 1. The first-order valence-corrected chi connectivity index (χ1v) is 8.58. The van der Waals surface area contributed by atoms with Gasteiger partial charge in [0.1, 0.15) is 0 Å². The summed E-state index contributed by atoms with van der Waals surface area (Å²) in [4.78, 5) is 4.98. The summed E-state index contributed by atoms with van der Waals surface area (Å²) in [5, 5.41) is 0. The van der Waals surface area contributed by atoms with E-state index in [1.54, 1.807) is 0 Å². The van der Waals surface area contributed by atoms with Gasteiger partial charge in [-0.05, 0) is 63.0 Å². The van der Waals surface area contributed by atoms with Gasteiger partial charge >= 0.3 is 0 Å². The molecule has 2 aliphatic rings. The molecule has 2 heterocycles.